The van der Waals surface area contributed by atoms with Gasteiger partial charge >= 0.3 is 43.9 Å². The summed E-state index contributed by atoms with van der Waals surface area (Å²) in [6.45, 7) is -2.06. The van der Waals surface area contributed by atoms with E-state index in [-0.39, 0.29) is 37.7 Å². The Morgan fingerprint density at radius 1 is 1.36 bits per heavy atom. The number of hydrogen-bond donors (Lipinski definition) is 0. The summed E-state index contributed by atoms with van der Waals surface area (Å²) in [5.41, 5.74) is 0. The summed E-state index contributed by atoms with van der Waals surface area (Å²) in [5, 5.41) is 0. The zero-order chi connectivity index (χ0) is 8.41. The van der Waals surface area contributed by atoms with Crippen LogP contribution in [0.25, 0.3) is 0 Å². The van der Waals surface area contributed by atoms with Crippen molar-refractivity contribution in [2.24, 2.45) is 0 Å². The predicted molar refractivity (Wildman–Crippen MR) is 25.4 cm³/mol. The average Bonchev–Trinajstić information content (AvgIpc) is 1.57. The van der Waals surface area contributed by atoms with Crippen LogP contribution in [0, 0.1) is 0 Å². The normalized spacial score (nSPS) is 12.5. The van der Waals surface area contributed by atoms with E-state index >= 15 is 0 Å². The third-order valence-corrected chi connectivity index (χ3v) is 0.832. The molecular formula is C2H2CaF3O4P. The molecule has 0 aliphatic rings. The molecule has 0 bridgehead atoms. The number of halogens is 3. The van der Waals surface area contributed by atoms with E-state index in [9.17, 15) is 27.5 Å². The van der Waals surface area contributed by atoms with E-state index in [0.29, 0.717) is 0 Å². The molecule has 0 fully saturated rings. The second-order valence-electron chi connectivity index (χ2n) is 1.34. The van der Waals surface area contributed by atoms with Crippen molar-refractivity contribution >= 4 is 45.6 Å². The summed E-state index contributed by atoms with van der Waals surface area (Å²) in [4.78, 5) is 18.9. The number of alkyl halides is 3. The van der Waals surface area contributed by atoms with Crippen LogP contribution in [-0.4, -0.2) is 50.5 Å². The number of phosphoric ester groups is 1. The number of phosphoric acid groups is 1. The van der Waals surface area contributed by atoms with E-state index in [4.69, 9.17) is 0 Å². The monoisotopic (exact) mass is 218 g/mol. The SMILES string of the molecule is O=P([O-])([O-])OCC(F)(F)F.[Ca+2]. The first-order valence-corrected chi connectivity index (χ1v) is 3.40. The molecule has 0 aliphatic heterocycles. The maximum Gasteiger partial charge on any atom is 2.00 e. The fraction of sp³-hybridized carbons (Fsp3) is 1.00. The van der Waals surface area contributed by atoms with Crippen molar-refractivity contribution in [3.63, 3.8) is 0 Å². The summed E-state index contributed by atoms with van der Waals surface area (Å²) >= 11 is 0. The van der Waals surface area contributed by atoms with Crippen LogP contribution in [0.1, 0.15) is 0 Å². The van der Waals surface area contributed by atoms with Gasteiger partial charge in [-0.25, -0.2) is 0 Å². The summed E-state index contributed by atoms with van der Waals surface area (Å²) in [7, 11) is -5.48. The van der Waals surface area contributed by atoms with E-state index < -0.39 is 20.6 Å². The van der Waals surface area contributed by atoms with Gasteiger partial charge < -0.3 is 18.9 Å². The van der Waals surface area contributed by atoms with Crippen LogP contribution in [0.2, 0.25) is 0 Å². The molecule has 0 heterocycles. The van der Waals surface area contributed by atoms with E-state index in [1.807, 2.05) is 0 Å². The fourth-order valence-corrected chi connectivity index (χ4v) is 0.457. The summed E-state index contributed by atoms with van der Waals surface area (Å²) in [6.07, 6.45) is -4.79. The molecule has 0 spiro atoms. The molecule has 0 unspecified atom stereocenters. The molecular weight excluding hydrogens is 216 g/mol. The minimum absolute atomic E-state index is 0. The Kier molecular flexibility index (Phi) is 6.69. The van der Waals surface area contributed by atoms with Gasteiger partial charge in [-0.3, -0.25) is 0 Å². The second kappa shape index (κ2) is 5.01. The van der Waals surface area contributed by atoms with E-state index in [0.717, 1.165) is 0 Å². The summed E-state index contributed by atoms with van der Waals surface area (Å²) in [6, 6.07) is 0. The van der Waals surface area contributed by atoms with Crippen molar-refractivity contribution < 1.29 is 32.0 Å². The Morgan fingerprint density at radius 3 is 1.82 bits per heavy atom. The van der Waals surface area contributed by atoms with Crippen LogP contribution in [0.15, 0.2) is 0 Å². The van der Waals surface area contributed by atoms with Crippen molar-refractivity contribution in [2.45, 2.75) is 6.18 Å². The quantitative estimate of drug-likeness (QED) is 0.440. The van der Waals surface area contributed by atoms with Gasteiger partial charge in [0.05, 0.1) is 7.82 Å². The van der Waals surface area contributed by atoms with Crippen molar-refractivity contribution in [3.05, 3.63) is 0 Å². The van der Waals surface area contributed by atoms with Crippen LogP contribution < -0.4 is 9.79 Å². The summed E-state index contributed by atoms with van der Waals surface area (Å²) in [5.74, 6) is 0. The van der Waals surface area contributed by atoms with Crippen molar-refractivity contribution in [2.75, 3.05) is 6.61 Å². The standard InChI is InChI=1S/C2H4F3O4P.Ca/c3-2(4,5)1-9-10(6,7)8;/h1H2,(H2,6,7,8);/q;+2/p-2. The third-order valence-electron chi connectivity index (χ3n) is 0.386. The molecule has 0 atom stereocenters. The Morgan fingerprint density at radius 2 is 1.73 bits per heavy atom. The molecule has 0 N–H and O–H groups in total. The van der Waals surface area contributed by atoms with Gasteiger partial charge in [0, 0.05) is 0 Å². The van der Waals surface area contributed by atoms with Crippen LogP contribution in [-0.2, 0) is 9.09 Å². The van der Waals surface area contributed by atoms with Gasteiger partial charge in [0.25, 0.3) is 0 Å². The largest absolute Gasteiger partial charge is 2.00 e. The molecule has 0 amide bonds. The van der Waals surface area contributed by atoms with Crippen molar-refractivity contribution in [1.29, 1.82) is 0 Å². The van der Waals surface area contributed by atoms with Crippen molar-refractivity contribution in [3.8, 4) is 0 Å². The molecule has 0 rings (SSSR count). The first-order chi connectivity index (χ1) is 4.21. The fourth-order valence-electron chi connectivity index (χ4n) is 0.152. The van der Waals surface area contributed by atoms with E-state index in [2.05, 4.69) is 4.52 Å². The van der Waals surface area contributed by atoms with E-state index in [1.165, 1.54) is 0 Å². The first-order valence-electron chi connectivity index (χ1n) is 1.94. The maximum absolute atomic E-state index is 11.1. The molecule has 4 nitrogen and oxygen atoms in total. The molecule has 0 aromatic heterocycles. The van der Waals surface area contributed by atoms with Crippen LogP contribution in [0.3, 0.4) is 0 Å². The number of rotatable bonds is 2. The van der Waals surface area contributed by atoms with Crippen molar-refractivity contribution in [1.82, 2.24) is 0 Å². The second-order valence-corrected chi connectivity index (χ2v) is 2.49. The van der Waals surface area contributed by atoms with Crippen LogP contribution in [0.5, 0.6) is 0 Å². The zero-order valence-corrected chi connectivity index (χ0v) is 8.23. The van der Waals surface area contributed by atoms with Crippen LogP contribution in [0.4, 0.5) is 13.2 Å². The maximum atomic E-state index is 11.1. The molecule has 0 saturated carbocycles. The van der Waals surface area contributed by atoms with Gasteiger partial charge in [-0.1, -0.05) is 0 Å². The predicted octanol–water partition coefficient (Wildman–Crippen LogP) is -0.987. The molecule has 9 heteroatoms. The minimum Gasteiger partial charge on any atom is -0.790 e. The first kappa shape index (κ1) is 14.7. The summed E-state index contributed by atoms with van der Waals surface area (Å²) < 4.78 is 45.5. The van der Waals surface area contributed by atoms with Gasteiger partial charge in [-0.05, 0) is 0 Å². The number of hydrogen-bond acceptors (Lipinski definition) is 4. The average molecular weight is 218 g/mol. The smallest absolute Gasteiger partial charge is 0.790 e. The molecule has 0 aliphatic carbocycles. The Hall–Kier alpha value is 1.16. The van der Waals surface area contributed by atoms with Gasteiger partial charge in [0.1, 0.15) is 6.61 Å². The molecule has 0 saturated heterocycles. The Labute approximate surface area is 90.0 Å². The molecule has 0 aromatic carbocycles. The molecule has 0 radical (unpaired) electrons. The van der Waals surface area contributed by atoms with Gasteiger partial charge in [-0.2, -0.15) is 13.2 Å². The molecule has 11 heavy (non-hydrogen) atoms. The van der Waals surface area contributed by atoms with Gasteiger partial charge in [0.15, 0.2) is 0 Å². The minimum atomic E-state index is -5.48. The van der Waals surface area contributed by atoms with Gasteiger partial charge in [0.2, 0.25) is 0 Å². The molecule has 62 valence electrons. The zero-order valence-electron chi connectivity index (χ0n) is 5.13. The molecule has 0 aromatic rings. The van der Waals surface area contributed by atoms with E-state index in [1.54, 1.807) is 0 Å². The van der Waals surface area contributed by atoms with Crippen LogP contribution >= 0.6 is 7.82 Å². The Bertz CT molecular complexity index is 152. The topological polar surface area (TPSA) is 72.4 Å². The third kappa shape index (κ3) is 14.1. The Balaban J connectivity index is 0. The van der Waals surface area contributed by atoms with Gasteiger partial charge in [-0.15, -0.1) is 0 Å².